The van der Waals surface area contributed by atoms with Gasteiger partial charge in [-0.15, -0.1) is 0 Å². The molecule has 0 fully saturated rings. The zero-order chi connectivity index (χ0) is 17.5. The molecule has 0 unspecified atom stereocenters. The van der Waals surface area contributed by atoms with E-state index in [0.29, 0.717) is 23.5 Å². The lowest BCUT2D eigenvalue weighted by Gasteiger charge is -2.29. The van der Waals surface area contributed by atoms with E-state index >= 15 is 0 Å². The predicted octanol–water partition coefficient (Wildman–Crippen LogP) is 2.31. The normalized spacial score (nSPS) is 13.2. The monoisotopic (exact) mass is 332 g/mol. The highest BCUT2D eigenvalue weighted by Crippen LogP contribution is 2.33. The Kier molecular flexibility index (Phi) is 6.35. The number of carbonyl (C=O) groups excluding carboxylic acids is 3. The highest BCUT2D eigenvalue weighted by atomic mass is 16.5. The zero-order valence-corrected chi connectivity index (χ0v) is 14.3. The first kappa shape index (κ1) is 18.0. The Bertz CT molecular complexity index is 627. The number of ether oxygens (including phenoxy) is 1. The fraction of sp³-hybridized carbons (Fsp3) is 0.500. The van der Waals surface area contributed by atoms with Crippen molar-refractivity contribution < 1.29 is 19.1 Å². The summed E-state index contributed by atoms with van der Waals surface area (Å²) < 4.78 is 5.40. The van der Waals surface area contributed by atoms with Crippen LogP contribution in [0.5, 0.6) is 5.75 Å². The van der Waals surface area contributed by atoms with Gasteiger partial charge in [-0.25, -0.2) is 0 Å². The molecule has 6 heteroatoms. The molecule has 0 bridgehead atoms. The van der Waals surface area contributed by atoms with Gasteiger partial charge >= 0.3 is 0 Å². The van der Waals surface area contributed by atoms with Gasteiger partial charge in [0.05, 0.1) is 5.69 Å². The molecule has 0 atom stereocenters. The molecule has 2 rings (SSSR count). The van der Waals surface area contributed by atoms with Crippen molar-refractivity contribution in [2.24, 2.45) is 0 Å². The molecular formula is C18H24N2O4. The lowest BCUT2D eigenvalue weighted by Crippen LogP contribution is -2.41. The third-order valence-corrected chi connectivity index (χ3v) is 3.97. The largest absolute Gasteiger partial charge is 0.482 e. The van der Waals surface area contributed by atoms with Crippen LogP contribution in [0.15, 0.2) is 18.2 Å². The second kappa shape index (κ2) is 8.47. The van der Waals surface area contributed by atoms with E-state index in [2.05, 4.69) is 12.2 Å². The molecule has 0 spiro atoms. The quantitative estimate of drug-likeness (QED) is 0.585. The maximum atomic E-state index is 12.1. The molecule has 130 valence electrons. The molecule has 1 aliphatic heterocycles. The number of hydrogen-bond acceptors (Lipinski definition) is 4. The topological polar surface area (TPSA) is 75.7 Å². The Morgan fingerprint density at radius 1 is 1.29 bits per heavy atom. The van der Waals surface area contributed by atoms with Crippen LogP contribution in [-0.2, 0) is 9.59 Å². The van der Waals surface area contributed by atoms with Crippen LogP contribution in [-0.4, -0.2) is 37.3 Å². The molecule has 1 N–H and O–H groups in total. The number of anilines is 1. The van der Waals surface area contributed by atoms with Gasteiger partial charge in [0.15, 0.2) is 12.4 Å². The minimum absolute atomic E-state index is 0.0511. The number of unbranched alkanes of at least 4 members (excludes halogenated alkanes) is 2. The molecule has 0 saturated carbocycles. The van der Waals surface area contributed by atoms with Crippen LogP contribution in [0, 0.1) is 0 Å². The number of nitrogens with zero attached hydrogens (tertiary/aromatic N) is 1. The highest BCUT2D eigenvalue weighted by molar-refractivity contribution is 6.01. The van der Waals surface area contributed by atoms with Gasteiger partial charge in [-0.05, 0) is 31.5 Å². The van der Waals surface area contributed by atoms with Gasteiger partial charge in [-0.2, -0.15) is 0 Å². The lowest BCUT2D eigenvalue weighted by atomic mass is 10.1. The number of amides is 2. The Morgan fingerprint density at radius 3 is 2.79 bits per heavy atom. The maximum Gasteiger partial charge on any atom is 0.265 e. The molecule has 0 aromatic heterocycles. The maximum absolute atomic E-state index is 12.1. The summed E-state index contributed by atoms with van der Waals surface area (Å²) in [4.78, 5) is 37.1. The predicted molar refractivity (Wildman–Crippen MR) is 91.4 cm³/mol. The fourth-order valence-corrected chi connectivity index (χ4v) is 2.57. The highest BCUT2D eigenvalue weighted by Gasteiger charge is 2.26. The van der Waals surface area contributed by atoms with Crippen molar-refractivity contribution in [1.82, 2.24) is 5.32 Å². The van der Waals surface area contributed by atoms with Crippen LogP contribution < -0.4 is 15.0 Å². The number of carbonyl (C=O) groups is 3. The third kappa shape index (κ3) is 4.57. The number of fused-ring (bicyclic) bond motifs is 1. The van der Waals surface area contributed by atoms with Gasteiger partial charge in [0.2, 0.25) is 5.91 Å². The fourth-order valence-electron chi connectivity index (χ4n) is 2.57. The molecule has 0 radical (unpaired) electrons. The van der Waals surface area contributed by atoms with Gasteiger partial charge < -0.3 is 15.0 Å². The molecule has 1 heterocycles. The standard InChI is InChI=1S/C18H24N2O4/c1-3-4-5-9-19-17(22)8-10-20-15-11-14(13(2)21)6-7-16(15)24-12-18(20)23/h6-7,11H,3-5,8-10,12H2,1-2H3,(H,19,22). The van der Waals surface area contributed by atoms with E-state index in [9.17, 15) is 14.4 Å². The van der Waals surface area contributed by atoms with Gasteiger partial charge in [0.1, 0.15) is 5.75 Å². The Morgan fingerprint density at radius 2 is 2.08 bits per heavy atom. The van der Waals surface area contributed by atoms with Crippen LogP contribution in [0.25, 0.3) is 0 Å². The molecule has 2 amide bonds. The first-order valence-corrected chi connectivity index (χ1v) is 8.37. The minimum atomic E-state index is -0.206. The number of rotatable bonds is 8. The van der Waals surface area contributed by atoms with E-state index in [1.807, 2.05) is 0 Å². The minimum Gasteiger partial charge on any atom is -0.482 e. The summed E-state index contributed by atoms with van der Waals surface area (Å²) in [5.41, 5.74) is 1.07. The summed E-state index contributed by atoms with van der Waals surface area (Å²) in [6, 6.07) is 5.01. The Balaban J connectivity index is 2.00. The van der Waals surface area contributed by atoms with Gasteiger partial charge in [-0.3, -0.25) is 14.4 Å². The number of benzene rings is 1. The number of ketones is 1. The van der Waals surface area contributed by atoms with Gasteiger partial charge in [0, 0.05) is 25.1 Å². The molecule has 24 heavy (non-hydrogen) atoms. The van der Waals surface area contributed by atoms with Crippen molar-refractivity contribution in [1.29, 1.82) is 0 Å². The SMILES string of the molecule is CCCCCNC(=O)CCN1C(=O)COc2ccc(C(C)=O)cc21. The summed E-state index contributed by atoms with van der Waals surface area (Å²) in [6.07, 6.45) is 3.38. The first-order chi connectivity index (χ1) is 11.5. The van der Waals surface area contributed by atoms with E-state index in [0.717, 1.165) is 19.3 Å². The summed E-state index contributed by atoms with van der Waals surface area (Å²) in [5.74, 6) is 0.198. The summed E-state index contributed by atoms with van der Waals surface area (Å²) >= 11 is 0. The molecule has 1 aliphatic rings. The second-order valence-electron chi connectivity index (χ2n) is 5.88. The van der Waals surface area contributed by atoms with Crippen LogP contribution >= 0.6 is 0 Å². The zero-order valence-electron chi connectivity index (χ0n) is 14.3. The molecular weight excluding hydrogens is 308 g/mol. The molecule has 1 aromatic rings. The molecule has 6 nitrogen and oxygen atoms in total. The van der Waals surface area contributed by atoms with Gasteiger partial charge in [0.25, 0.3) is 5.91 Å². The summed E-state index contributed by atoms with van der Waals surface area (Å²) in [5, 5.41) is 2.86. The van der Waals surface area contributed by atoms with Gasteiger partial charge in [-0.1, -0.05) is 19.8 Å². The smallest absolute Gasteiger partial charge is 0.265 e. The number of hydrogen-bond donors (Lipinski definition) is 1. The van der Waals surface area contributed by atoms with Crippen molar-refractivity contribution in [2.45, 2.75) is 39.5 Å². The van der Waals surface area contributed by atoms with Crippen molar-refractivity contribution in [3.05, 3.63) is 23.8 Å². The van der Waals surface area contributed by atoms with E-state index in [-0.39, 0.29) is 37.2 Å². The lowest BCUT2D eigenvalue weighted by molar-refractivity contribution is -0.122. The van der Waals surface area contributed by atoms with Crippen molar-refractivity contribution in [2.75, 3.05) is 24.6 Å². The number of Topliss-reactive ketones (excluding diaryl/α,β-unsaturated/α-hetero) is 1. The van der Waals surface area contributed by atoms with E-state index < -0.39 is 0 Å². The summed E-state index contributed by atoms with van der Waals surface area (Å²) in [7, 11) is 0. The number of nitrogens with one attached hydrogen (secondary N) is 1. The second-order valence-corrected chi connectivity index (χ2v) is 5.88. The van der Waals surface area contributed by atoms with Crippen LogP contribution in [0.1, 0.15) is 49.9 Å². The Hall–Kier alpha value is -2.37. The average molecular weight is 332 g/mol. The van der Waals surface area contributed by atoms with E-state index in [4.69, 9.17) is 4.74 Å². The Labute approximate surface area is 142 Å². The van der Waals surface area contributed by atoms with Crippen molar-refractivity contribution in [3.8, 4) is 5.75 Å². The van der Waals surface area contributed by atoms with Crippen LogP contribution in [0.3, 0.4) is 0 Å². The van der Waals surface area contributed by atoms with E-state index in [1.165, 1.54) is 11.8 Å². The van der Waals surface area contributed by atoms with Crippen LogP contribution in [0.4, 0.5) is 5.69 Å². The molecule has 0 saturated heterocycles. The van der Waals surface area contributed by atoms with Crippen molar-refractivity contribution in [3.63, 3.8) is 0 Å². The van der Waals surface area contributed by atoms with Crippen LogP contribution in [0.2, 0.25) is 0 Å². The third-order valence-electron chi connectivity index (χ3n) is 3.97. The first-order valence-electron chi connectivity index (χ1n) is 8.37. The van der Waals surface area contributed by atoms with Crippen molar-refractivity contribution >= 4 is 23.3 Å². The summed E-state index contributed by atoms with van der Waals surface area (Å²) in [6.45, 7) is 4.47. The van der Waals surface area contributed by atoms with E-state index in [1.54, 1.807) is 18.2 Å². The average Bonchev–Trinajstić information content (AvgIpc) is 2.57. The molecule has 0 aliphatic carbocycles. The molecule has 1 aromatic carbocycles.